The van der Waals surface area contributed by atoms with Gasteiger partial charge in [-0.15, -0.1) is 0 Å². The van der Waals surface area contributed by atoms with Gasteiger partial charge in [0.15, 0.2) is 0 Å². The zero-order chi connectivity index (χ0) is 41.1. The highest BCUT2D eigenvalue weighted by Crippen LogP contribution is 2.51. The van der Waals surface area contributed by atoms with Crippen LogP contribution in [0.15, 0.2) is 205 Å². The highest BCUT2D eigenvalue weighted by Gasteiger charge is 2.35. The maximum atomic E-state index is 6.90. The number of furan rings is 1. The van der Waals surface area contributed by atoms with Gasteiger partial charge in [0, 0.05) is 39.3 Å². The van der Waals surface area contributed by atoms with Crippen molar-refractivity contribution in [1.82, 2.24) is 0 Å². The molecular formula is C60H41NO. The fourth-order valence-corrected chi connectivity index (χ4v) is 10.9. The number of nitrogens with zero attached hydrogens (tertiary/aromatic N) is 1. The summed E-state index contributed by atoms with van der Waals surface area (Å²) >= 11 is 0. The molecule has 0 spiro atoms. The van der Waals surface area contributed by atoms with Gasteiger partial charge in [0.25, 0.3) is 0 Å². The maximum absolute atomic E-state index is 6.90. The van der Waals surface area contributed by atoms with Gasteiger partial charge in [0.1, 0.15) is 11.2 Å². The minimum absolute atomic E-state index is 0.0663. The first-order chi connectivity index (χ1) is 30.5. The van der Waals surface area contributed by atoms with Crippen LogP contribution in [-0.4, -0.2) is 0 Å². The van der Waals surface area contributed by atoms with E-state index in [1.54, 1.807) is 0 Å². The van der Waals surface area contributed by atoms with E-state index in [0.717, 1.165) is 51.0 Å². The van der Waals surface area contributed by atoms with Crippen molar-refractivity contribution in [3.05, 3.63) is 222 Å². The Labute approximate surface area is 361 Å². The summed E-state index contributed by atoms with van der Waals surface area (Å²) in [6.07, 6.45) is 0.913. The second kappa shape index (κ2) is 13.2. The van der Waals surface area contributed by atoms with Gasteiger partial charge in [-0.05, 0) is 149 Å². The van der Waals surface area contributed by atoms with E-state index in [2.05, 4.69) is 219 Å². The standard InChI is InChI=1S/C60H41NO/c1-60(2)55-19-11-10-18-50(55)53-35-43(26-31-56(53)60)61(42-23-20-38(21-24-42)37-12-4-3-5-13-37)44-25-28-52-51-27-22-40(34-57(51)62-58(52)36-44)47-29-30-49-48-17-9-8-15-45(48)41-32-39-14-6-7-16-46(39)59(47)54(49)33-41/h3-31,33-36H,32H2,1-2H3. The van der Waals surface area contributed by atoms with Crippen LogP contribution in [0.2, 0.25) is 0 Å². The van der Waals surface area contributed by atoms with E-state index < -0.39 is 0 Å². The van der Waals surface area contributed by atoms with E-state index in [4.69, 9.17) is 4.42 Å². The predicted octanol–water partition coefficient (Wildman–Crippen LogP) is 16.6. The molecule has 0 saturated heterocycles. The van der Waals surface area contributed by atoms with Crippen molar-refractivity contribution in [2.75, 3.05) is 4.90 Å². The van der Waals surface area contributed by atoms with Crippen molar-refractivity contribution < 1.29 is 4.42 Å². The van der Waals surface area contributed by atoms with Crippen LogP contribution in [0.1, 0.15) is 36.1 Å². The molecule has 11 aromatic rings. The first-order valence-corrected chi connectivity index (χ1v) is 21.7. The van der Waals surface area contributed by atoms with E-state index in [9.17, 15) is 0 Å². The third kappa shape index (κ3) is 5.17. The molecule has 0 saturated carbocycles. The van der Waals surface area contributed by atoms with Gasteiger partial charge in [0.05, 0.1) is 0 Å². The number of benzene rings is 10. The number of anilines is 3. The molecule has 0 amide bonds. The predicted molar refractivity (Wildman–Crippen MR) is 260 cm³/mol. The van der Waals surface area contributed by atoms with Crippen molar-refractivity contribution in [2.24, 2.45) is 0 Å². The van der Waals surface area contributed by atoms with Crippen molar-refractivity contribution in [2.45, 2.75) is 25.7 Å². The topological polar surface area (TPSA) is 16.4 Å². The average Bonchev–Trinajstić information content (AvgIpc) is 3.73. The summed E-state index contributed by atoms with van der Waals surface area (Å²) in [5, 5.41) is 7.49. The molecule has 2 aliphatic rings. The van der Waals surface area contributed by atoms with Crippen LogP contribution in [-0.2, 0) is 11.8 Å². The van der Waals surface area contributed by atoms with Crippen molar-refractivity contribution in [3.63, 3.8) is 0 Å². The largest absolute Gasteiger partial charge is 0.456 e. The molecule has 0 radical (unpaired) electrons. The van der Waals surface area contributed by atoms with Crippen molar-refractivity contribution in [1.29, 1.82) is 0 Å². The average molecular weight is 792 g/mol. The Kier molecular flexibility index (Phi) is 7.45. The van der Waals surface area contributed by atoms with Gasteiger partial charge in [0.2, 0.25) is 0 Å². The number of rotatable bonds is 5. The fraction of sp³-hybridized carbons (Fsp3) is 0.0667. The molecule has 10 aromatic carbocycles. The minimum Gasteiger partial charge on any atom is -0.456 e. The molecule has 0 fully saturated rings. The molecule has 2 aliphatic carbocycles. The second-order valence-electron chi connectivity index (χ2n) is 17.6. The normalized spacial score (nSPS) is 13.4. The molecule has 1 aromatic heterocycles. The van der Waals surface area contributed by atoms with Gasteiger partial charge in [-0.3, -0.25) is 0 Å². The first-order valence-electron chi connectivity index (χ1n) is 21.7. The summed E-state index contributed by atoms with van der Waals surface area (Å²) in [6, 6.07) is 73.8. The highest BCUT2D eigenvalue weighted by atomic mass is 16.3. The maximum Gasteiger partial charge on any atom is 0.137 e. The Morgan fingerprint density at radius 3 is 1.82 bits per heavy atom. The zero-order valence-electron chi connectivity index (χ0n) is 34.6. The van der Waals surface area contributed by atoms with Crippen molar-refractivity contribution in [3.8, 4) is 44.5 Å². The Morgan fingerprint density at radius 1 is 0.371 bits per heavy atom. The molecule has 0 atom stereocenters. The van der Waals surface area contributed by atoms with E-state index in [0.29, 0.717) is 0 Å². The monoisotopic (exact) mass is 791 g/mol. The van der Waals surface area contributed by atoms with Crippen molar-refractivity contribution >= 4 is 60.5 Å². The van der Waals surface area contributed by atoms with Gasteiger partial charge < -0.3 is 9.32 Å². The second-order valence-corrected chi connectivity index (χ2v) is 17.6. The number of fused-ring (bicyclic) bond motifs is 12. The van der Waals surface area contributed by atoms with Crippen LogP contribution in [0.4, 0.5) is 17.1 Å². The van der Waals surface area contributed by atoms with Crippen LogP contribution in [0, 0.1) is 0 Å². The van der Waals surface area contributed by atoms with Gasteiger partial charge in [-0.2, -0.15) is 0 Å². The fourth-order valence-electron chi connectivity index (χ4n) is 10.9. The van der Waals surface area contributed by atoms with E-state index in [1.165, 1.54) is 82.7 Å². The molecule has 292 valence electrons. The minimum atomic E-state index is -0.0663. The molecule has 62 heavy (non-hydrogen) atoms. The smallest absolute Gasteiger partial charge is 0.137 e. The Balaban J connectivity index is 0.959. The van der Waals surface area contributed by atoms with Crippen LogP contribution in [0.25, 0.3) is 88.0 Å². The summed E-state index contributed by atoms with van der Waals surface area (Å²) in [6.45, 7) is 4.68. The van der Waals surface area contributed by atoms with E-state index in [-0.39, 0.29) is 5.41 Å². The summed E-state index contributed by atoms with van der Waals surface area (Å²) in [7, 11) is 0. The third-order valence-corrected chi connectivity index (χ3v) is 13.9. The molecule has 0 unspecified atom stereocenters. The number of hydrogen-bond acceptors (Lipinski definition) is 2. The summed E-state index contributed by atoms with van der Waals surface area (Å²) in [5.74, 6) is 0. The first kappa shape index (κ1) is 35.1. The SMILES string of the molecule is CC1(C)c2ccccc2-c2cc(N(c3ccc(-c4ccccc4)cc3)c3ccc4c(c3)oc3cc(-c5ccc6c7cc(c8ccccc86)Cc6ccccc6-c57)ccc34)ccc21. The summed E-state index contributed by atoms with van der Waals surface area (Å²) in [4.78, 5) is 2.37. The molecule has 0 N–H and O–H groups in total. The lowest BCUT2D eigenvalue weighted by atomic mass is 9.82. The molecule has 0 aliphatic heterocycles. The number of hydrogen-bond donors (Lipinski definition) is 0. The van der Waals surface area contributed by atoms with Crippen LogP contribution in [0.5, 0.6) is 0 Å². The summed E-state index contributed by atoms with van der Waals surface area (Å²) in [5.41, 5.74) is 20.4. The Bertz CT molecular complexity index is 3630. The lowest BCUT2D eigenvalue weighted by Gasteiger charge is -2.27. The molecular weight excluding hydrogens is 751 g/mol. The van der Waals surface area contributed by atoms with E-state index >= 15 is 0 Å². The Morgan fingerprint density at radius 2 is 0.968 bits per heavy atom. The quantitative estimate of drug-likeness (QED) is 0.161. The Hall–Kier alpha value is -7.68. The summed E-state index contributed by atoms with van der Waals surface area (Å²) < 4.78 is 6.90. The van der Waals surface area contributed by atoms with Gasteiger partial charge in [-0.1, -0.05) is 153 Å². The van der Waals surface area contributed by atoms with Gasteiger partial charge in [-0.25, -0.2) is 0 Å². The zero-order valence-corrected chi connectivity index (χ0v) is 34.6. The van der Waals surface area contributed by atoms with Crippen LogP contribution in [0.3, 0.4) is 0 Å². The molecule has 1 heterocycles. The lowest BCUT2D eigenvalue weighted by molar-refractivity contribution is 0.660. The third-order valence-electron chi connectivity index (χ3n) is 13.9. The molecule has 13 rings (SSSR count). The van der Waals surface area contributed by atoms with Crippen LogP contribution >= 0.6 is 0 Å². The lowest BCUT2D eigenvalue weighted by Crippen LogP contribution is -2.15. The highest BCUT2D eigenvalue weighted by molar-refractivity contribution is 6.17. The molecule has 2 heteroatoms. The molecule has 2 bridgehead atoms. The van der Waals surface area contributed by atoms with E-state index in [1.807, 2.05) is 0 Å². The van der Waals surface area contributed by atoms with Gasteiger partial charge >= 0.3 is 0 Å². The van der Waals surface area contributed by atoms with Crippen LogP contribution < -0.4 is 4.90 Å². The molecule has 2 nitrogen and oxygen atoms in total.